The molecule has 1 heterocycles. The largest absolute Gasteiger partial charge is 0.216 e. The summed E-state index contributed by atoms with van der Waals surface area (Å²) in [4.78, 5) is 1.08. The number of hydrogen-bond acceptors (Lipinski definition) is 3. The Morgan fingerprint density at radius 1 is 1.47 bits per heavy atom. The van der Waals surface area contributed by atoms with E-state index in [9.17, 15) is 8.42 Å². The van der Waals surface area contributed by atoms with Crippen molar-refractivity contribution in [2.45, 2.75) is 32.6 Å². The maximum Gasteiger partial charge on any atom is 0.216 e. The summed E-state index contributed by atoms with van der Waals surface area (Å²) in [5.41, 5.74) is 0. The van der Waals surface area contributed by atoms with E-state index >= 15 is 0 Å². The van der Waals surface area contributed by atoms with E-state index in [0.717, 1.165) is 4.88 Å². The van der Waals surface area contributed by atoms with Gasteiger partial charge in [0.15, 0.2) is 0 Å². The van der Waals surface area contributed by atoms with Gasteiger partial charge in [-0.15, -0.1) is 11.3 Å². The highest BCUT2D eigenvalue weighted by Crippen LogP contribution is 2.16. The standard InChI is InChI=1S/C10H17NO2S2/c1-4-11(15(12,13)9(2)3)8-10-6-5-7-14-10/h5-7,9H,4,8H2,1-3H3. The number of thiophene rings is 1. The molecule has 0 aliphatic rings. The van der Waals surface area contributed by atoms with Crippen LogP contribution in [0.15, 0.2) is 17.5 Å². The van der Waals surface area contributed by atoms with Gasteiger partial charge in [0.2, 0.25) is 10.0 Å². The van der Waals surface area contributed by atoms with Crippen LogP contribution in [0.25, 0.3) is 0 Å². The van der Waals surface area contributed by atoms with Crippen LogP contribution >= 0.6 is 11.3 Å². The summed E-state index contributed by atoms with van der Waals surface area (Å²) in [6.07, 6.45) is 0. The molecule has 0 aliphatic carbocycles. The van der Waals surface area contributed by atoms with Gasteiger partial charge in [-0.05, 0) is 25.3 Å². The third-order valence-corrected chi connectivity index (χ3v) is 5.38. The fourth-order valence-corrected chi connectivity index (χ4v) is 3.33. The van der Waals surface area contributed by atoms with E-state index in [0.29, 0.717) is 13.1 Å². The monoisotopic (exact) mass is 247 g/mol. The summed E-state index contributed by atoms with van der Waals surface area (Å²) in [5.74, 6) is 0. The highest BCUT2D eigenvalue weighted by Gasteiger charge is 2.24. The molecule has 1 aromatic heterocycles. The fourth-order valence-electron chi connectivity index (χ4n) is 1.26. The second-order valence-electron chi connectivity index (χ2n) is 3.60. The van der Waals surface area contributed by atoms with Gasteiger partial charge in [-0.3, -0.25) is 0 Å². The molecule has 0 spiro atoms. The molecule has 15 heavy (non-hydrogen) atoms. The van der Waals surface area contributed by atoms with E-state index < -0.39 is 10.0 Å². The molecule has 0 saturated heterocycles. The Balaban J connectivity index is 2.81. The van der Waals surface area contributed by atoms with Crippen molar-refractivity contribution in [2.24, 2.45) is 0 Å². The van der Waals surface area contributed by atoms with Crippen molar-refractivity contribution in [3.8, 4) is 0 Å². The third-order valence-electron chi connectivity index (χ3n) is 2.22. The van der Waals surface area contributed by atoms with Gasteiger partial charge in [-0.1, -0.05) is 13.0 Å². The molecule has 0 bridgehead atoms. The number of rotatable bonds is 5. The lowest BCUT2D eigenvalue weighted by molar-refractivity contribution is 0.421. The van der Waals surface area contributed by atoms with Gasteiger partial charge in [-0.25, -0.2) is 8.42 Å². The molecule has 5 heteroatoms. The Morgan fingerprint density at radius 3 is 2.53 bits per heavy atom. The van der Waals surface area contributed by atoms with Crippen LogP contribution in [0.1, 0.15) is 25.6 Å². The maximum absolute atomic E-state index is 11.9. The number of sulfonamides is 1. The Hall–Kier alpha value is -0.390. The van der Waals surface area contributed by atoms with Gasteiger partial charge in [0.1, 0.15) is 0 Å². The Kier molecular flexibility index (Phi) is 4.31. The van der Waals surface area contributed by atoms with E-state index in [2.05, 4.69) is 0 Å². The summed E-state index contributed by atoms with van der Waals surface area (Å²) in [6, 6.07) is 3.90. The zero-order valence-electron chi connectivity index (χ0n) is 9.30. The molecule has 0 atom stereocenters. The average Bonchev–Trinajstić information content (AvgIpc) is 2.65. The lowest BCUT2D eigenvalue weighted by Crippen LogP contribution is -2.35. The molecule has 1 aromatic rings. The zero-order valence-corrected chi connectivity index (χ0v) is 10.9. The minimum Gasteiger partial charge on any atom is -0.212 e. The highest BCUT2D eigenvalue weighted by molar-refractivity contribution is 7.89. The zero-order chi connectivity index (χ0) is 11.5. The van der Waals surface area contributed by atoms with Crippen molar-refractivity contribution in [3.63, 3.8) is 0 Å². The van der Waals surface area contributed by atoms with Crippen molar-refractivity contribution in [1.82, 2.24) is 4.31 Å². The number of hydrogen-bond donors (Lipinski definition) is 0. The summed E-state index contributed by atoms with van der Waals surface area (Å²) in [7, 11) is -3.13. The van der Waals surface area contributed by atoms with E-state index in [1.165, 1.54) is 4.31 Å². The van der Waals surface area contributed by atoms with Crippen LogP contribution in [0.3, 0.4) is 0 Å². The lowest BCUT2D eigenvalue weighted by Gasteiger charge is -2.22. The van der Waals surface area contributed by atoms with E-state index in [-0.39, 0.29) is 5.25 Å². The first-order chi connectivity index (χ1) is 6.98. The smallest absolute Gasteiger partial charge is 0.212 e. The van der Waals surface area contributed by atoms with Crippen molar-refractivity contribution in [1.29, 1.82) is 0 Å². The molecule has 0 unspecified atom stereocenters. The van der Waals surface area contributed by atoms with Gasteiger partial charge in [0.05, 0.1) is 5.25 Å². The third kappa shape index (κ3) is 3.03. The second-order valence-corrected chi connectivity index (χ2v) is 7.12. The first-order valence-electron chi connectivity index (χ1n) is 4.99. The van der Waals surface area contributed by atoms with Gasteiger partial charge in [0, 0.05) is 18.0 Å². The minimum absolute atomic E-state index is 0.350. The molecule has 86 valence electrons. The predicted octanol–water partition coefficient (Wildman–Crippen LogP) is 2.31. The van der Waals surface area contributed by atoms with Crippen LogP contribution in [0, 0.1) is 0 Å². The molecule has 0 aromatic carbocycles. The SMILES string of the molecule is CCN(Cc1cccs1)S(=O)(=O)C(C)C. The molecular formula is C10H17NO2S2. The maximum atomic E-state index is 11.9. The normalized spacial score (nSPS) is 12.6. The Morgan fingerprint density at radius 2 is 2.13 bits per heavy atom. The molecule has 3 nitrogen and oxygen atoms in total. The summed E-state index contributed by atoms with van der Waals surface area (Å²) in [5, 5.41) is 1.61. The highest BCUT2D eigenvalue weighted by atomic mass is 32.2. The van der Waals surface area contributed by atoms with E-state index in [1.807, 2.05) is 24.4 Å². The van der Waals surface area contributed by atoms with Crippen LogP contribution in [0.5, 0.6) is 0 Å². The second kappa shape index (κ2) is 5.09. The van der Waals surface area contributed by atoms with Crippen LogP contribution in [-0.2, 0) is 16.6 Å². The van der Waals surface area contributed by atoms with Crippen molar-refractivity contribution in [3.05, 3.63) is 22.4 Å². The first-order valence-corrected chi connectivity index (χ1v) is 7.38. The lowest BCUT2D eigenvalue weighted by atomic mass is 10.4. The Labute approximate surface area is 95.8 Å². The van der Waals surface area contributed by atoms with Gasteiger partial charge in [0.25, 0.3) is 0 Å². The summed E-state index contributed by atoms with van der Waals surface area (Å²) in [6.45, 7) is 6.32. The average molecular weight is 247 g/mol. The molecule has 0 fully saturated rings. The minimum atomic E-state index is -3.13. The first kappa shape index (κ1) is 12.7. The van der Waals surface area contributed by atoms with Gasteiger partial charge >= 0.3 is 0 Å². The summed E-state index contributed by atoms with van der Waals surface area (Å²) < 4.78 is 25.4. The van der Waals surface area contributed by atoms with Crippen molar-refractivity contribution in [2.75, 3.05) is 6.54 Å². The topological polar surface area (TPSA) is 37.4 Å². The van der Waals surface area contributed by atoms with E-state index in [1.54, 1.807) is 25.2 Å². The fraction of sp³-hybridized carbons (Fsp3) is 0.600. The quantitative estimate of drug-likeness (QED) is 0.800. The van der Waals surface area contributed by atoms with Crippen LogP contribution in [0.4, 0.5) is 0 Å². The molecule has 1 rings (SSSR count). The van der Waals surface area contributed by atoms with Gasteiger partial charge in [-0.2, -0.15) is 4.31 Å². The Bertz CT molecular complexity index is 382. The predicted molar refractivity (Wildman–Crippen MR) is 64.5 cm³/mol. The molecular weight excluding hydrogens is 230 g/mol. The van der Waals surface area contributed by atoms with Crippen LogP contribution < -0.4 is 0 Å². The van der Waals surface area contributed by atoms with Crippen molar-refractivity contribution >= 4 is 21.4 Å². The molecule has 0 aliphatic heterocycles. The van der Waals surface area contributed by atoms with Crippen LogP contribution in [-0.4, -0.2) is 24.5 Å². The number of nitrogens with zero attached hydrogens (tertiary/aromatic N) is 1. The van der Waals surface area contributed by atoms with E-state index in [4.69, 9.17) is 0 Å². The molecule has 0 amide bonds. The molecule has 0 radical (unpaired) electrons. The van der Waals surface area contributed by atoms with Crippen LogP contribution in [0.2, 0.25) is 0 Å². The molecule has 0 saturated carbocycles. The summed E-state index contributed by atoms with van der Waals surface area (Å²) >= 11 is 1.59. The molecule has 0 N–H and O–H groups in total. The van der Waals surface area contributed by atoms with Gasteiger partial charge < -0.3 is 0 Å². The van der Waals surface area contributed by atoms with Crippen molar-refractivity contribution < 1.29 is 8.42 Å².